The van der Waals surface area contributed by atoms with Crippen LogP contribution < -0.4 is 10.6 Å². The highest BCUT2D eigenvalue weighted by molar-refractivity contribution is 5.79. The van der Waals surface area contributed by atoms with Gasteiger partial charge < -0.3 is 20.3 Å². The van der Waals surface area contributed by atoms with E-state index >= 15 is 0 Å². The number of rotatable bonds is 6. The number of nitrogens with one attached hydrogen (secondary N) is 2. The van der Waals surface area contributed by atoms with Gasteiger partial charge in [-0.15, -0.1) is 0 Å². The number of guanidine groups is 1. The van der Waals surface area contributed by atoms with Gasteiger partial charge >= 0.3 is 0 Å². The Kier molecular flexibility index (Phi) is 7.19. The molecular formula is C17H28N4O. The van der Waals surface area contributed by atoms with E-state index in [-0.39, 0.29) is 6.10 Å². The summed E-state index contributed by atoms with van der Waals surface area (Å²) in [6, 6.07) is 10.6. The molecule has 5 nitrogen and oxygen atoms in total. The van der Waals surface area contributed by atoms with Crippen LogP contribution in [0.3, 0.4) is 0 Å². The number of hydrogen-bond acceptors (Lipinski definition) is 3. The van der Waals surface area contributed by atoms with E-state index in [2.05, 4.69) is 57.9 Å². The fourth-order valence-corrected chi connectivity index (χ4v) is 2.57. The summed E-state index contributed by atoms with van der Waals surface area (Å²) >= 11 is 0. The maximum Gasteiger partial charge on any atom is 0.191 e. The molecule has 0 radical (unpaired) electrons. The Morgan fingerprint density at radius 2 is 2.14 bits per heavy atom. The van der Waals surface area contributed by atoms with Crippen LogP contribution in [0.4, 0.5) is 0 Å². The molecule has 0 aromatic heterocycles. The molecule has 5 heteroatoms. The molecule has 0 aliphatic carbocycles. The number of aliphatic imine (C=N–C) groups is 1. The van der Waals surface area contributed by atoms with Crippen LogP contribution >= 0.6 is 0 Å². The predicted octanol–water partition coefficient (Wildman–Crippen LogP) is 1.11. The maximum absolute atomic E-state index is 5.74. The zero-order valence-electron chi connectivity index (χ0n) is 13.7. The van der Waals surface area contributed by atoms with E-state index in [1.807, 2.05) is 0 Å². The molecule has 1 aromatic carbocycles. The molecule has 1 aliphatic rings. The van der Waals surface area contributed by atoms with Crippen LogP contribution in [-0.2, 0) is 11.2 Å². The van der Waals surface area contributed by atoms with E-state index in [1.165, 1.54) is 5.56 Å². The number of aryl methyl sites for hydroxylation is 1. The molecule has 0 bridgehead atoms. The van der Waals surface area contributed by atoms with Crippen LogP contribution in [0, 0.1) is 0 Å². The fourth-order valence-electron chi connectivity index (χ4n) is 2.57. The summed E-state index contributed by atoms with van der Waals surface area (Å²) in [4.78, 5) is 6.56. The molecule has 1 aliphatic heterocycles. The highest BCUT2D eigenvalue weighted by Gasteiger charge is 2.17. The molecule has 1 fully saturated rings. The molecule has 0 saturated carbocycles. The van der Waals surface area contributed by atoms with Gasteiger partial charge in [-0.05, 0) is 25.5 Å². The summed E-state index contributed by atoms with van der Waals surface area (Å²) in [5, 5.41) is 6.71. The smallest absolute Gasteiger partial charge is 0.191 e. The fraction of sp³-hybridized carbons (Fsp3) is 0.588. The van der Waals surface area contributed by atoms with E-state index in [0.717, 1.165) is 51.6 Å². The normalized spacial score (nSPS) is 19.9. The van der Waals surface area contributed by atoms with Gasteiger partial charge in [0.15, 0.2) is 5.96 Å². The largest absolute Gasteiger partial charge is 0.374 e. The number of ether oxygens (including phenoxy) is 1. The van der Waals surface area contributed by atoms with E-state index in [9.17, 15) is 0 Å². The second kappa shape index (κ2) is 9.43. The lowest BCUT2D eigenvalue weighted by Gasteiger charge is -2.30. The van der Waals surface area contributed by atoms with Crippen molar-refractivity contribution in [1.29, 1.82) is 0 Å². The van der Waals surface area contributed by atoms with Crippen LogP contribution in [0.15, 0.2) is 35.3 Å². The van der Waals surface area contributed by atoms with Crippen molar-refractivity contribution in [2.45, 2.75) is 18.9 Å². The van der Waals surface area contributed by atoms with Gasteiger partial charge in [0.05, 0.1) is 12.7 Å². The highest BCUT2D eigenvalue weighted by Crippen LogP contribution is 2.02. The lowest BCUT2D eigenvalue weighted by atomic mass is 10.1. The summed E-state index contributed by atoms with van der Waals surface area (Å²) in [5.41, 5.74) is 1.38. The quantitative estimate of drug-likeness (QED) is 0.470. The molecule has 1 atom stereocenters. The van der Waals surface area contributed by atoms with E-state index in [1.54, 1.807) is 7.05 Å². The number of hydrogen-bond donors (Lipinski definition) is 2. The molecule has 2 rings (SSSR count). The van der Waals surface area contributed by atoms with Crippen molar-refractivity contribution in [1.82, 2.24) is 15.5 Å². The van der Waals surface area contributed by atoms with E-state index < -0.39 is 0 Å². The predicted molar refractivity (Wildman–Crippen MR) is 91.4 cm³/mol. The summed E-state index contributed by atoms with van der Waals surface area (Å²) in [6.07, 6.45) is 2.41. The van der Waals surface area contributed by atoms with Crippen LogP contribution in [0.5, 0.6) is 0 Å². The van der Waals surface area contributed by atoms with Crippen LogP contribution in [0.25, 0.3) is 0 Å². The molecule has 1 unspecified atom stereocenters. The third-order valence-electron chi connectivity index (χ3n) is 3.84. The zero-order valence-corrected chi connectivity index (χ0v) is 13.7. The topological polar surface area (TPSA) is 48.9 Å². The van der Waals surface area contributed by atoms with Crippen LogP contribution in [0.1, 0.15) is 12.0 Å². The summed E-state index contributed by atoms with van der Waals surface area (Å²) in [5.74, 6) is 0.852. The first-order chi connectivity index (χ1) is 10.8. The van der Waals surface area contributed by atoms with Crippen molar-refractivity contribution in [2.75, 3.05) is 46.9 Å². The Labute approximate surface area is 133 Å². The van der Waals surface area contributed by atoms with Crippen molar-refractivity contribution >= 4 is 5.96 Å². The molecule has 1 heterocycles. The molecule has 1 aromatic rings. The van der Waals surface area contributed by atoms with E-state index in [4.69, 9.17) is 4.74 Å². The SMILES string of the molecule is CN=C(NCCCc1ccccc1)NCC1CN(C)CCO1. The lowest BCUT2D eigenvalue weighted by Crippen LogP contribution is -2.48. The molecular weight excluding hydrogens is 276 g/mol. The summed E-state index contributed by atoms with van der Waals surface area (Å²) < 4.78 is 5.74. The maximum atomic E-state index is 5.74. The second-order valence-corrected chi connectivity index (χ2v) is 5.72. The molecule has 0 spiro atoms. The summed E-state index contributed by atoms with van der Waals surface area (Å²) in [7, 11) is 3.94. The first-order valence-corrected chi connectivity index (χ1v) is 8.06. The van der Waals surface area contributed by atoms with Gasteiger partial charge in [0.25, 0.3) is 0 Å². The monoisotopic (exact) mass is 304 g/mol. The van der Waals surface area contributed by atoms with Crippen molar-refractivity contribution in [3.05, 3.63) is 35.9 Å². The van der Waals surface area contributed by atoms with Crippen molar-refractivity contribution in [3.63, 3.8) is 0 Å². The lowest BCUT2D eigenvalue weighted by molar-refractivity contribution is -0.0161. The minimum Gasteiger partial charge on any atom is -0.374 e. The van der Waals surface area contributed by atoms with Crippen LogP contribution in [-0.4, -0.2) is 63.8 Å². The van der Waals surface area contributed by atoms with Gasteiger partial charge in [-0.3, -0.25) is 4.99 Å². The third kappa shape index (κ3) is 6.03. The third-order valence-corrected chi connectivity index (χ3v) is 3.84. The van der Waals surface area contributed by atoms with Gasteiger partial charge in [0.2, 0.25) is 0 Å². The Morgan fingerprint density at radius 3 is 2.86 bits per heavy atom. The van der Waals surface area contributed by atoms with Gasteiger partial charge in [0, 0.05) is 33.2 Å². The average molecular weight is 304 g/mol. The van der Waals surface area contributed by atoms with Gasteiger partial charge in [0.1, 0.15) is 0 Å². The average Bonchev–Trinajstić information content (AvgIpc) is 2.55. The number of benzene rings is 1. The second-order valence-electron chi connectivity index (χ2n) is 5.72. The summed E-state index contributed by atoms with van der Waals surface area (Å²) in [6.45, 7) is 4.51. The molecule has 0 amide bonds. The Balaban J connectivity index is 1.61. The first-order valence-electron chi connectivity index (χ1n) is 8.06. The Bertz CT molecular complexity index is 449. The number of likely N-dealkylation sites (N-methyl/N-ethyl adjacent to an activating group) is 1. The Morgan fingerprint density at radius 1 is 1.32 bits per heavy atom. The molecule has 1 saturated heterocycles. The minimum absolute atomic E-state index is 0.238. The van der Waals surface area contributed by atoms with Crippen molar-refractivity contribution < 1.29 is 4.74 Å². The highest BCUT2D eigenvalue weighted by atomic mass is 16.5. The molecule has 2 N–H and O–H groups in total. The first kappa shape index (κ1) is 16.8. The minimum atomic E-state index is 0.238. The molecule has 22 heavy (non-hydrogen) atoms. The van der Waals surface area contributed by atoms with Crippen molar-refractivity contribution in [3.8, 4) is 0 Å². The number of nitrogens with zero attached hydrogens (tertiary/aromatic N) is 2. The van der Waals surface area contributed by atoms with Gasteiger partial charge in [-0.1, -0.05) is 30.3 Å². The Hall–Kier alpha value is -1.59. The van der Waals surface area contributed by atoms with Crippen molar-refractivity contribution in [2.24, 2.45) is 4.99 Å². The van der Waals surface area contributed by atoms with Gasteiger partial charge in [-0.25, -0.2) is 0 Å². The zero-order chi connectivity index (χ0) is 15.6. The molecule has 122 valence electrons. The van der Waals surface area contributed by atoms with Crippen LogP contribution in [0.2, 0.25) is 0 Å². The number of morpholine rings is 1. The standard InChI is InChI=1S/C17H28N4O/c1-18-17(20-13-16-14-21(2)11-12-22-16)19-10-6-9-15-7-4-3-5-8-15/h3-5,7-8,16H,6,9-14H2,1-2H3,(H2,18,19,20). The van der Waals surface area contributed by atoms with Gasteiger partial charge in [-0.2, -0.15) is 0 Å². The van der Waals surface area contributed by atoms with E-state index in [0.29, 0.717) is 0 Å².